The molecule has 2 aromatic rings. The molecule has 138 valence electrons. The quantitative estimate of drug-likeness (QED) is 0.730. The molecule has 6 nitrogen and oxygen atoms in total. The van der Waals surface area contributed by atoms with Gasteiger partial charge in [-0.3, -0.25) is 0 Å². The topological polar surface area (TPSA) is 73.9 Å². The second-order valence-corrected chi connectivity index (χ2v) is 7.09. The summed E-state index contributed by atoms with van der Waals surface area (Å²) >= 11 is 5.95. The maximum absolute atomic E-state index is 12.3. The molecule has 0 bridgehead atoms. The van der Waals surface area contributed by atoms with Crippen LogP contribution in [0.4, 0.5) is 0 Å². The molecule has 1 N–H and O–H groups in total. The summed E-state index contributed by atoms with van der Waals surface area (Å²) in [7, 11) is -0.800. The lowest BCUT2D eigenvalue weighted by Crippen LogP contribution is -2.24. The van der Waals surface area contributed by atoms with E-state index in [4.69, 9.17) is 25.8 Å². The molecule has 0 aliphatic heterocycles. The number of hydrogen-bond acceptors (Lipinski definition) is 5. The van der Waals surface area contributed by atoms with Crippen LogP contribution in [0, 0.1) is 11.8 Å². The number of halogens is 1. The first kappa shape index (κ1) is 19.9. The molecule has 0 fully saturated rings. The van der Waals surface area contributed by atoms with E-state index in [1.54, 1.807) is 24.3 Å². The summed E-state index contributed by atoms with van der Waals surface area (Å²) in [4.78, 5) is 0.0595. The number of benzene rings is 2. The molecule has 0 heterocycles. The normalized spacial score (nSPS) is 10.6. The predicted octanol–water partition coefficient (Wildman–Crippen LogP) is 2.72. The summed E-state index contributed by atoms with van der Waals surface area (Å²) in [5.41, 5.74) is 0. The summed E-state index contributed by atoms with van der Waals surface area (Å²) in [6, 6.07) is 11.4. The van der Waals surface area contributed by atoms with E-state index in [0.717, 1.165) is 0 Å². The smallest absolute Gasteiger partial charge is 0.241 e. The molecular formula is C18H18ClNO5S. The van der Waals surface area contributed by atoms with Crippen molar-refractivity contribution in [3.8, 4) is 29.1 Å². The molecule has 0 unspecified atom stereocenters. The first-order valence-electron chi connectivity index (χ1n) is 7.52. The minimum Gasteiger partial charge on any atom is -0.493 e. The summed E-state index contributed by atoms with van der Waals surface area (Å²) in [6.07, 6.45) is 0. The van der Waals surface area contributed by atoms with Gasteiger partial charge in [0.1, 0.15) is 12.4 Å². The Morgan fingerprint density at radius 3 is 2.42 bits per heavy atom. The molecule has 0 aromatic heterocycles. The molecule has 0 atom stereocenters. The Morgan fingerprint density at radius 2 is 1.73 bits per heavy atom. The highest BCUT2D eigenvalue weighted by molar-refractivity contribution is 7.89. The molecule has 2 aromatic carbocycles. The van der Waals surface area contributed by atoms with Crippen molar-refractivity contribution in [3.63, 3.8) is 0 Å². The predicted molar refractivity (Wildman–Crippen MR) is 99.5 cm³/mol. The molecule has 26 heavy (non-hydrogen) atoms. The van der Waals surface area contributed by atoms with E-state index >= 15 is 0 Å². The third kappa shape index (κ3) is 5.30. The molecule has 2 rings (SSSR count). The fourth-order valence-electron chi connectivity index (χ4n) is 1.99. The first-order chi connectivity index (χ1) is 12.5. The molecule has 0 saturated carbocycles. The minimum atomic E-state index is -3.71. The fourth-order valence-corrected chi connectivity index (χ4v) is 3.12. The van der Waals surface area contributed by atoms with Gasteiger partial charge in [0.25, 0.3) is 0 Å². The van der Waals surface area contributed by atoms with Crippen LogP contribution in [0.15, 0.2) is 47.4 Å². The zero-order chi connectivity index (χ0) is 19.0. The van der Waals surface area contributed by atoms with Crippen molar-refractivity contribution in [1.82, 2.24) is 4.72 Å². The van der Waals surface area contributed by atoms with Gasteiger partial charge in [0.2, 0.25) is 10.0 Å². The van der Waals surface area contributed by atoms with Crippen molar-refractivity contribution >= 4 is 21.6 Å². The molecule has 0 aliphatic rings. The number of para-hydroxylation sites is 1. The van der Waals surface area contributed by atoms with E-state index in [9.17, 15) is 8.42 Å². The maximum Gasteiger partial charge on any atom is 0.241 e. The summed E-state index contributed by atoms with van der Waals surface area (Å²) in [5, 5.41) is 0.489. The average molecular weight is 396 g/mol. The van der Waals surface area contributed by atoms with Crippen molar-refractivity contribution in [2.45, 2.75) is 4.90 Å². The van der Waals surface area contributed by atoms with Crippen molar-refractivity contribution in [2.75, 3.05) is 27.4 Å². The fraction of sp³-hybridized carbons (Fsp3) is 0.222. The SMILES string of the molecule is COc1ccc(S(=O)(=O)NCC#CCOc2ccccc2Cl)cc1OC. The Hall–Kier alpha value is -2.40. The standard InChI is InChI=1S/C18H18ClNO5S/c1-23-17-10-9-14(13-18(17)24-2)26(21,22)20-11-5-6-12-25-16-8-4-3-7-15(16)19/h3-4,7-10,13,20H,11-12H2,1-2H3. The van der Waals surface area contributed by atoms with Crippen LogP contribution in [-0.4, -0.2) is 35.8 Å². The second kappa shape index (κ2) is 9.34. The maximum atomic E-state index is 12.3. The van der Waals surface area contributed by atoms with Gasteiger partial charge in [-0.25, -0.2) is 8.42 Å². The van der Waals surface area contributed by atoms with Crippen LogP contribution in [0.5, 0.6) is 17.2 Å². The molecule has 0 radical (unpaired) electrons. The summed E-state index contributed by atoms with van der Waals surface area (Å²) < 4.78 is 42.5. The van der Waals surface area contributed by atoms with Crippen molar-refractivity contribution in [3.05, 3.63) is 47.5 Å². The Balaban J connectivity index is 1.92. The van der Waals surface area contributed by atoms with E-state index < -0.39 is 10.0 Å². The van der Waals surface area contributed by atoms with Gasteiger partial charge in [-0.2, -0.15) is 4.72 Å². The van der Waals surface area contributed by atoms with Gasteiger partial charge in [0.05, 0.1) is 30.7 Å². The van der Waals surface area contributed by atoms with E-state index in [2.05, 4.69) is 16.6 Å². The van der Waals surface area contributed by atoms with Crippen LogP contribution in [0.2, 0.25) is 5.02 Å². The Morgan fingerprint density at radius 1 is 1.00 bits per heavy atom. The van der Waals surface area contributed by atoms with Gasteiger partial charge in [0, 0.05) is 6.07 Å². The zero-order valence-corrected chi connectivity index (χ0v) is 15.9. The molecule has 0 aliphatic carbocycles. The summed E-state index contributed by atoms with van der Waals surface area (Å²) in [5.74, 6) is 6.71. The molecule has 0 saturated heterocycles. The highest BCUT2D eigenvalue weighted by atomic mass is 35.5. The van der Waals surface area contributed by atoms with E-state index in [1.165, 1.54) is 32.4 Å². The summed E-state index contributed by atoms with van der Waals surface area (Å²) in [6.45, 7) is 0.0460. The van der Waals surface area contributed by atoms with E-state index in [-0.39, 0.29) is 18.0 Å². The van der Waals surface area contributed by atoms with Gasteiger partial charge in [-0.15, -0.1) is 0 Å². The van der Waals surface area contributed by atoms with Crippen LogP contribution in [0.3, 0.4) is 0 Å². The first-order valence-corrected chi connectivity index (χ1v) is 9.39. The van der Waals surface area contributed by atoms with Crippen molar-refractivity contribution in [1.29, 1.82) is 0 Å². The lowest BCUT2D eigenvalue weighted by molar-refractivity contribution is 0.354. The van der Waals surface area contributed by atoms with Gasteiger partial charge in [-0.05, 0) is 24.3 Å². The number of rotatable bonds is 7. The Kier molecular flexibility index (Phi) is 7.16. The average Bonchev–Trinajstić information content (AvgIpc) is 2.65. The van der Waals surface area contributed by atoms with Crippen LogP contribution in [0.1, 0.15) is 0 Å². The largest absolute Gasteiger partial charge is 0.493 e. The van der Waals surface area contributed by atoms with Crippen LogP contribution in [0.25, 0.3) is 0 Å². The number of sulfonamides is 1. The second-order valence-electron chi connectivity index (χ2n) is 4.91. The van der Waals surface area contributed by atoms with Gasteiger partial charge in [0.15, 0.2) is 11.5 Å². The van der Waals surface area contributed by atoms with E-state index in [0.29, 0.717) is 22.3 Å². The lowest BCUT2D eigenvalue weighted by atomic mass is 10.3. The highest BCUT2D eigenvalue weighted by Gasteiger charge is 2.16. The molecular weight excluding hydrogens is 378 g/mol. The molecule has 8 heteroatoms. The number of ether oxygens (including phenoxy) is 3. The van der Waals surface area contributed by atoms with Crippen LogP contribution < -0.4 is 18.9 Å². The zero-order valence-electron chi connectivity index (χ0n) is 14.3. The number of methoxy groups -OCH3 is 2. The van der Waals surface area contributed by atoms with Gasteiger partial charge < -0.3 is 14.2 Å². The van der Waals surface area contributed by atoms with Crippen LogP contribution in [-0.2, 0) is 10.0 Å². The van der Waals surface area contributed by atoms with Gasteiger partial charge >= 0.3 is 0 Å². The van der Waals surface area contributed by atoms with Crippen molar-refractivity contribution in [2.24, 2.45) is 0 Å². The third-order valence-electron chi connectivity index (χ3n) is 3.28. The molecule has 0 amide bonds. The number of hydrogen-bond donors (Lipinski definition) is 1. The lowest BCUT2D eigenvalue weighted by Gasteiger charge is -2.10. The highest BCUT2D eigenvalue weighted by Crippen LogP contribution is 2.29. The minimum absolute atomic E-state index is 0.0530. The third-order valence-corrected chi connectivity index (χ3v) is 4.99. The van der Waals surface area contributed by atoms with Crippen LogP contribution >= 0.6 is 11.6 Å². The number of nitrogens with one attached hydrogen (secondary N) is 1. The van der Waals surface area contributed by atoms with Crippen molar-refractivity contribution < 1.29 is 22.6 Å². The van der Waals surface area contributed by atoms with Gasteiger partial charge in [-0.1, -0.05) is 35.6 Å². The monoisotopic (exact) mass is 395 g/mol. The Labute approximate surface area is 158 Å². The molecule has 0 spiro atoms. The Bertz CT molecular complexity index is 919. The van der Waals surface area contributed by atoms with E-state index in [1.807, 2.05) is 0 Å².